The molecule has 2 saturated heterocycles. The third-order valence-electron chi connectivity index (χ3n) is 5.32. The van der Waals surface area contributed by atoms with Gasteiger partial charge in [-0.1, -0.05) is 0 Å². The third-order valence-corrected chi connectivity index (χ3v) is 5.32. The van der Waals surface area contributed by atoms with Gasteiger partial charge in [-0.25, -0.2) is 4.98 Å². The average molecular weight is 297 g/mol. The molecule has 0 aromatic carbocycles. The molecular weight excluding hydrogens is 274 g/mol. The molecule has 0 saturated carbocycles. The van der Waals surface area contributed by atoms with Crippen molar-refractivity contribution in [3.63, 3.8) is 0 Å². The zero-order valence-corrected chi connectivity index (χ0v) is 13.0. The summed E-state index contributed by atoms with van der Waals surface area (Å²) >= 11 is 0. The number of rotatable bonds is 2. The summed E-state index contributed by atoms with van der Waals surface area (Å²) in [4.78, 5) is 9.75. The predicted octanol–water partition coefficient (Wildman–Crippen LogP) is 0.926. The summed E-state index contributed by atoms with van der Waals surface area (Å²) in [7, 11) is 0. The normalized spacial score (nSPS) is 25.2. The molecule has 5 heteroatoms. The Hall–Kier alpha value is -1.64. The van der Waals surface area contributed by atoms with Crippen LogP contribution in [0.1, 0.15) is 29.7 Å². The minimum Gasteiger partial charge on any atom is -0.353 e. The molecule has 1 aromatic heterocycles. The molecule has 3 heterocycles. The van der Waals surface area contributed by atoms with Crippen LogP contribution in [0.5, 0.6) is 0 Å². The first kappa shape index (κ1) is 14.0. The lowest BCUT2D eigenvalue weighted by atomic mass is 10.1. The summed E-state index contributed by atoms with van der Waals surface area (Å²) in [5, 5.41) is 12.9. The first-order chi connectivity index (χ1) is 10.8. The van der Waals surface area contributed by atoms with Crippen LogP contribution in [0.25, 0.3) is 0 Å². The van der Waals surface area contributed by atoms with Crippen molar-refractivity contribution in [3.05, 3.63) is 22.9 Å². The highest BCUT2D eigenvalue weighted by atomic mass is 15.3. The smallest absolute Gasteiger partial charge is 0.146 e. The Morgan fingerprint density at radius 1 is 1.23 bits per heavy atom. The molecule has 1 unspecified atom stereocenters. The van der Waals surface area contributed by atoms with Crippen LogP contribution in [0.2, 0.25) is 0 Å². The van der Waals surface area contributed by atoms with Gasteiger partial charge in [-0.15, -0.1) is 0 Å². The van der Waals surface area contributed by atoms with Gasteiger partial charge in [0.1, 0.15) is 11.9 Å². The van der Waals surface area contributed by atoms with Crippen LogP contribution in [-0.2, 0) is 12.8 Å². The summed E-state index contributed by atoms with van der Waals surface area (Å²) in [6.45, 7) is 6.40. The summed E-state index contributed by atoms with van der Waals surface area (Å²) < 4.78 is 0. The fourth-order valence-electron chi connectivity index (χ4n) is 4.03. The van der Waals surface area contributed by atoms with Gasteiger partial charge in [-0.3, -0.25) is 4.90 Å². The van der Waals surface area contributed by atoms with Crippen LogP contribution in [-0.4, -0.2) is 55.2 Å². The van der Waals surface area contributed by atoms with Crippen LogP contribution in [0.4, 0.5) is 5.82 Å². The number of hydrogen-bond donors (Lipinski definition) is 1. The van der Waals surface area contributed by atoms with Crippen molar-refractivity contribution in [3.8, 4) is 6.07 Å². The number of nitriles is 1. The highest BCUT2D eigenvalue weighted by Crippen LogP contribution is 2.28. The van der Waals surface area contributed by atoms with Crippen molar-refractivity contribution in [2.45, 2.75) is 31.7 Å². The van der Waals surface area contributed by atoms with E-state index in [1.54, 1.807) is 0 Å². The maximum Gasteiger partial charge on any atom is 0.146 e. The Bertz CT molecular complexity index is 592. The summed E-state index contributed by atoms with van der Waals surface area (Å²) in [6.07, 6.45) is 4.60. The molecule has 5 nitrogen and oxygen atoms in total. The molecule has 0 amide bonds. The van der Waals surface area contributed by atoms with Gasteiger partial charge in [0.2, 0.25) is 0 Å². The Morgan fingerprint density at radius 2 is 2.09 bits per heavy atom. The zero-order chi connectivity index (χ0) is 14.9. The Kier molecular flexibility index (Phi) is 3.73. The van der Waals surface area contributed by atoms with Crippen LogP contribution < -0.4 is 10.2 Å². The highest BCUT2D eigenvalue weighted by molar-refractivity contribution is 5.57. The second kappa shape index (κ2) is 5.86. The fraction of sp³-hybridized carbons (Fsp3) is 0.647. The second-order valence-corrected chi connectivity index (χ2v) is 6.60. The SMILES string of the molecule is N#Cc1cc2c(nc1N1CCN(C3CCNC3)CC1)CCC2. The van der Waals surface area contributed by atoms with Gasteiger partial charge in [0.15, 0.2) is 0 Å². The number of fused-ring (bicyclic) bond motifs is 1. The van der Waals surface area contributed by atoms with E-state index >= 15 is 0 Å². The van der Waals surface area contributed by atoms with Crippen molar-refractivity contribution in [1.29, 1.82) is 5.26 Å². The monoisotopic (exact) mass is 297 g/mol. The Morgan fingerprint density at radius 3 is 2.82 bits per heavy atom. The number of nitrogens with zero attached hydrogens (tertiary/aromatic N) is 4. The molecule has 0 bridgehead atoms. The van der Waals surface area contributed by atoms with Crippen LogP contribution in [0.15, 0.2) is 6.07 Å². The lowest BCUT2D eigenvalue weighted by molar-refractivity contribution is 0.196. The molecule has 0 spiro atoms. The standard InChI is InChI=1S/C17H23N5/c18-11-14-10-13-2-1-3-16(13)20-17(14)22-8-6-21(7-9-22)15-4-5-19-12-15/h10,15,19H,1-9,12H2. The molecule has 2 aliphatic heterocycles. The molecule has 116 valence electrons. The number of anilines is 1. The zero-order valence-electron chi connectivity index (χ0n) is 13.0. The van der Waals surface area contributed by atoms with Crippen molar-refractivity contribution in [2.24, 2.45) is 0 Å². The van der Waals surface area contributed by atoms with E-state index in [0.717, 1.165) is 63.5 Å². The van der Waals surface area contributed by atoms with Gasteiger partial charge in [0, 0.05) is 44.5 Å². The topological polar surface area (TPSA) is 55.2 Å². The lowest BCUT2D eigenvalue weighted by Gasteiger charge is -2.38. The second-order valence-electron chi connectivity index (χ2n) is 6.60. The fourth-order valence-corrected chi connectivity index (χ4v) is 4.03. The minimum atomic E-state index is 0.700. The van der Waals surface area contributed by atoms with E-state index in [1.807, 2.05) is 0 Å². The third kappa shape index (κ3) is 2.47. The average Bonchev–Trinajstić information content (AvgIpc) is 3.25. The van der Waals surface area contributed by atoms with Gasteiger partial charge in [-0.2, -0.15) is 5.26 Å². The molecule has 2 fully saturated rings. The molecule has 22 heavy (non-hydrogen) atoms. The molecule has 0 radical (unpaired) electrons. The van der Waals surface area contributed by atoms with Gasteiger partial charge in [0.05, 0.1) is 5.56 Å². The molecule has 4 rings (SSSR count). The van der Waals surface area contributed by atoms with E-state index < -0.39 is 0 Å². The van der Waals surface area contributed by atoms with Gasteiger partial charge in [-0.05, 0) is 43.9 Å². The largest absolute Gasteiger partial charge is 0.353 e. The van der Waals surface area contributed by atoms with Crippen LogP contribution >= 0.6 is 0 Å². The van der Waals surface area contributed by atoms with E-state index in [1.165, 1.54) is 24.1 Å². The van der Waals surface area contributed by atoms with Gasteiger partial charge < -0.3 is 10.2 Å². The van der Waals surface area contributed by atoms with Crippen molar-refractivity contribution < 1.29 is 0 Å². The van der Waals surface area contributed by atoms with Crippen LogP contribution in [0, 0.1) is 11.3 Å². The predicted molar refractivity (Wildman–Crippen MR) is 86.0 cm³/mol. The van der Waals surface area contributed by atoms with Crippen molar-refractivity contribution in [2.75, 3.05) is 44.2 Å². The van der Waals surface area contributed by atoms with Crippen LogP contribution in [0.3, 0.4) is 0 Å². The summed E-state index contributed by atoms with van der Waals surface area (Å²) in [5.74, 6) is 0.923. The first-order valence-corrected chi connectivity index (χ1v) is 8.48. The Balaban J connectivity index is 1.50. The molecule has 1 atom stereocenters. The Labute approximate surface area is 131 Å². The van der Waals surface area contributed by atoms with E-state index in [2.05, 4.69) is 27.3 Å². The molecule has 1 aliphatic carbocycles. The van der Waals surface area contributed by atoms with Crippen molar-refractivity contribution in [1.82, 2.24) is 15.2 Å². The van der Waals surface area contributed by atoms with E-state index in [4.69, 9.17) is 4.98 Å². The number of pyridine rings is 1. The van der Waals surface area contributed by atoms with E-state index in [0.29, 0.717) is 6.04 Å². The van der Waals surface area contributed by atoms with E-state index in [9.17, 15) is 5.26 Å². The molecule has 1 N–H and O–H groups in total. The number of aryl methyl sites for hydroxylation is 2. The number of aromatic nitrogens is 1. The van der Waals surface area contributed by atoms with Gasteiger partial charge >= 0.3 is 0 Å². The lowest BCUT2D eigenvalue weighted by Crippen LogP contribution is -2.51. The summed E-state index contributed by atoms with van der Waals surface area (Å²) in [6, 6.07) is 5.14. The first-order valence-electron chi connectivity index (χ1n) is 8.48. The molecule has 1 aromatic rings. The highest BCUT2D eigenvalue weighted by Gasteiger charge is 2.28. The van der Waals surface area contributed by atoms with Crippen molar-refractivity contribution >= 4 is 5.82 Å². The quantitative estimate of drug-likeness (QED) is 0.880. The maximum absolute atomic E-state index is 9.47. The number of nitrogens with one attached hydrogen (secondary N) is 1. The number of piperazine rings is 1. The number of hydrogen-bond acceptors (Lipinski definition) is 5. The van der Waals surface area contributed by atoms with E-state index in [-0.39, 0.29) is 0 Å². The maximum atomic E-state index is 9.47. The molecule has 3 aliphatic rings. The summed E-state index contributed by atoms with van der Waals surface area (Å²) in [5.41, 5.74) is 3.27. The molecular formula is C17H23N5. The van der Waals surface area contributed by atoms with Gasteiger partial charge in [0.25, 0.3) is 0 Å². The minimum absolute atomic E-state index is 0.700.